The molecule has 2 aromatic heterocycles. The predicted octanol–water partition coefficient (Wildman–Crippen LogP) is 7.08. The van der Waals surface area contributed by atoms with Crippen LogP contribution in [0, 0.1) is 17.5 Å². The lowest BCUT2D eigenvalue weighted by Gasteiger charge is -2.15. The van der Waals surface area contributed by atoms with Gasteiger partial charge in [-0.1, -0.05) is 36.0 Å². The molecule has 5 rings (SSSR count). The van der Waals surface area contributed by atoms with Crippen LogP contribution in [0.25, 0.3) is 33.5 Å². The SMILES string of the molecule is C=CCn1c(SCc2cc(F)c(F)cc2F)nnc1-c1cc(-c2cc(OC)c(OC)c(OC)c2)nc2ccccc12. The fourth-order valence-electron chi connectivity index (χ4n) is 4.44. The molecule has 5 aromatic rings. The fraction of sp³-hybridized carbons (Fsp3) is 0.167. The van der Waals surface area contributed by atoms with Crippen molar-refractivity contribution < 1.29 is 27.4 Å². The van der Waals surface area contributed by atoms with Crippen LogP contribution in [0.5, 0.6) is 17.2 Å². The molecule has 0 saturated carbocycles. The maximum absolute atomic E-state index is 14.3. The Kier molecular flexibility index (Phi) is 8.16. The number of benzene rings is 3. The van der Waals surface area contributed by atoms with E-state index in [2.05, 4.69) is 16.8 Å². The van der Waals surface area contributed by atoms with E-state index in [9.17, 15) is 13.2 Å². The van der Waals surface area contributed by atoms with Crippen molar-refractivity contribution in [1.82, 2.24) is 19.7 Å². The van der Waals surface area contributed by atoms with Gasteiger partial charge < -0.3 is 14.2 Å². The molecule has 7 nitrogen and oxygen atoms in total. The first-order chi connectivity index (χ1) is 19.9. The normalized spacial score (nSPS) is 11.1. The number of allylic oxidation sites excluding steroid dienone is 1. The Balaban J connectivity index is 1.62. The Bertz CT molecular complexity index is 1730. The molecule has 210 valence electrons. The molecular weight excluding hydrogens is 553 g/mol. The van der Waals surface area contributed by atoms with Crippen LogP contribution in [0.4, 0.5) is 13.2 Å². The zero-order valence-electron chi connectivity index (χ0n) is 22.5. The Morgan fingerprint density at radius 2 is 1.59 bits per heavy atom. The highest BCUT2D eigenvalue weighted by molar-refractivity contribution is 7.98. The van der Waals surface area contributed by atoms with Gasteiger partial charge in [0.1, 0.15) is 5.82 Å². The smallest absolute Gasteiger partial charge is 0.203 e. The summed E-state index contributed by atoms with van der Waals surface area (Å²) in [5.74, 6) is -1.20. The number of aromatic nitrogens is 4. The number of ether oxygens (including phenoxy) is 3. The van der Waals surface area contributed by atoms with Crippen LogP contribution >= 0.6 is 11.8 Å². The van der Waals surface area contributed by atoms with E-state index in [0.29, 0.717) is 46.5 Å². The van der Waals surface area contributed by atoms with E-state index in [1.807, 2.05) is 47.0 Å². The summed E-state index contributed by atoms with van der Waals surface area (Å²) < 4.78 is 59.8. The second-order valence-electron chi connectivity index (χ2n) is 8.84. The van der Waals surface area contributed by atoms with Gasteiger partial charge in [-0.2, -0.15) is 0 Å². The highest BCUT2D eigenvalue weighted by atomic mass is 32.2. The number of rotatable bonds is 10. The predicted molar refractivity (Wildman–Crippen MR) is 152 cm³/mol. The third kappa shape index (κ3) is 5.45. The Morgan fingerprint density at radius 3 is 2.27 bits per heavy atom. The summed E-state index contributed by atoms with van der Waals surface area (Å²) in [6, 6.07) is 14.6. The number of fused-ring (bicyclic) bond motifs is 1. The van der Waals surface area contributed by atoms with Crippen molar-refractivity contribution in [1.29, 1.82) is 0 Å². The Morgan fingerprint density at radius 1 is 0.878 bits per heavy atom. The first-order valence-electron chi connectivity index (χ1n) is 12.4. The molecule has 0 unspecified atom stereocenters. The topological polar surface area (TPSA) is 71.3 Å². The van der Waals surface area contributed by atoms with Gasteiger partial charge in [-0.25, -0.2) is 18.2 Å². The molecule has 0 radical (unpaired) electrons. The van der Waals surface area contributed by atoms with Gasteiger partial charge in [-0.15, -0.1) is 16.8 Å². The van der Waals surface area contributed by atoms with Crippen molar-refractivity contribution in [2.75, 3.05) is 21.3 Å². The molecule has 2 heterocycles. The quantitative estimate of drug-likeness (QED) is 0.0996. The van der Waals surface area contributed by atoms with Crippen LogP contribution in [-0.2, 0) is 12.3 Å². The molecule has 0 amide bonds. The number of para-hydroxylation sites is 1. The molecule has 0 fully saturated rings. The summed E-state index contributed by atoms with van der Waals surface area (Å²) in [4.78, 5) is 4.88. The number of thioether (sulfide) groups is 1. The van der Waals surface area contributed by atoms with Gasteiger partial charge in [0.15, 0.2) is 34.1 Å². The van der Waals surface area contributed by atoms with E-state index >= 15 is 0 Å². The second kappa shape index (κ2) is 11.9. The van der Waals surface area contributed by atoms with Gasteiger partial charge in [0.25, 0.3) is 0 Å². The van der Waals surface area contributed by atoms with E-state index in [0.717, 1.165) is 39.9 Å². The van der Waals surface area contributed by atoms with Crippen LogP contribution in [0.2, 0.25) is 0 Å². The summed E-state index contributed by atoms with van der Waals surface area (Å²) in [5.41, 5.74) is 2.84. The van der Waals surface area contributed by atoms with Gasteiger partial charge in [0, 0.05) is 40.4 Å². The van der Waals surface area contributed by atoms with Crippen molar-refractivity contribution in [3.63, 3.8) is 0 Å². The van der Waals surface area contributed by atoms with Gasteiger partial charge in [-0.05, 0) is 30.3 Å². The van der Waals surface area contributed by atoms with Gasteiger partial charge >= 0.3 is 0 Å². The maximum Gasteiger partial charge on any atom is 0.203 e. The minimum Gasteiger partial charge on any atom is -0.493 e. The zero-order valence-corrected chi connectivity index (χ0v) is 23.3. The molecule has 0 saturated heterocycles. The molecule has 0 aliphatic rings. The van der Waals surface area contributed by atoms with Crippen molar-refractivity contribution in [3.05, 3.63) is 90.3 Å². The number of pyridine rings is 1. The summed E-state index contributed by atoms with van der Waals surface area (Å²) >= 11 is 1.15. The lowest BCUT2D eigenvalue weighted by molar-refractivity contribution is 0.324. The van der Waals surface area contributed by atoms with Gasteiger partial charge in [0.2, 0.25) is 5.75 Å². The van der Waals surface area contributed by atoms with Gasteiger partial charge in [0.05, 0.1) is 32.5 Å². The molecule has 3 aromatic carbocycles. The van der Waals surface area contributed by atoms with Crippen LogP contribution < -0.4 is 14.2 Å². The first kappa shape index (κ1) is 28.0. The minimum absolute atomic E-state index is 0.0163. The summed E-state index contributed by atoms with van der Waals surface area (Å²) in [7, 11) is 4.63. The van der Waals surface area contributed by atoms with Gasteiger partial charge in [-0.3, -0.25) is 4.57 Å². The number of hydrogen-bond acceptors (Lipinski definition) is 7. The van der Waals surface area contributed by atoms with Crippen LogP contribution in [0.1, 0.15) is 5.56 Å². The lowest BCUT2D eigenvalue weighted by atomic mass is 10.0. The number of halogens is 3. The Hall–Kier alpha value is -4.51. The molecule has 11 heteroatoms. The Labute approximate surface area is 238 Å². The molecule has 0 aliphatic carbocycles. The minimum atomic E-state index is -1.24. The zero-order chi connectivity index (χ0) is 29.1. The average molecular weight is 579 g/mol. The van der Waals surface area contributed by atoms with Crippen molar-refractivity contribution >= 4 is 22.7 Å². The molecule has 0 aliphatic heterocycles. The molecular formula is C30H25F3N4O3S. The summed E-state index contributed by atoms with van der Waals surface area (Å²) in [6.45, 7) is 4.21. The van der Waals surface area contributed by atoms with Crippen molar-refractivity contribution in [2.45, 2.75) is 17.5 Å². The van der Waals surface area contributed by atoms with Crippen LogP contribution in [-0.4, -0.2) is 41.1 Å². The summed E-state index contributed by atoms with van der Waals surface area (Å²) in [6.07, 6.45) is 1.69. The molecule has 0 N–H and O–H groups in total. The van der Waals surface area contributed by atoms with E-state index in [1.165, 1.54) is 7.11 Å². The molecule has 0 atom stereocenters. The van der Waals surface area contributed by atoms with Crippen LogP contribution in [0.3, 0.4) is 0 Å². The first-order valence-corrected chi connectivity index (χ1v) is 13.4. The van der Waals surface area contributed by atoms with Crippen molar-refractivity contribution in [3.8, 4) is 39.9 Å². The highest BCUT2D eigenvalue weighted by Crippen LogP contribution is 2.42. The number of hydrogen-bond donors (Lipinski definition) is 0. The molecule has 0 bridgehead atoms. The lowest BCUT2D eigenvalue weighted by Crippen LogP contribution is -2.02. The third-order valence-electron chi connectivity index (χ3n) is 6.39. The standard InChI is InChI=1S/C30H25F3N4O3S/c1-5-10-37-29(35-36-30(37)41-16-18-11-22(32)23(33)15-21(18)31)20-14-25(34-24-9-7-6-8-19(20)24)17-12-26(38-2)28(40-4)27(13-17)39-3/h5-9,11-15H,1,10,16H2,2-4H3. The third-order valence-corrected chi connectivity index (χ3v) is 7.41. The molecule has 0 spiro atoms. The second-order valence-corrected chi connectivity index (χ2v) is 9.78. The van der Waals surface area contributed by atoms with E-state index in [-0.39, 0.29) is 11.3 Å². The summed E-state index contributed by atoms with van der Waals surface area (Å²) in [5, 5.41) is 10.1. The van der Waals surface area contributed by atoms with E-state index < -0.39 is 17.5 Å². The van der Waals surface area contributed by atoms with Crippen LogP contribution in [0.15, 0.2) is 72.4 Å². The maximum atomic E-state index is 14.3. The van der Waals surface area contributed by atoms with E-state index in [1.54, 1.807) is 20.3 Å². The highest BCUT2D eigenvalue weighted by Gasteiger charge is 2.21. The fourth-order valence-corrected chi connectivity index (χ4v) is 5.36. The largest absolute Gasteiger partial charge is 0.493 e. The van der Waals surface area contributed by atoms with Crippen molar-refractivity contribution in [2.24, 2.45) is 0 Å². The molecule has 41 heavy (non-hydrogen) atoms. The number of nitrogens with zero attached hydrogens (tertiary/aromatic N) is 4. The monoisotopic (exact) mass is 578 g/mol. The van der Waals surface area contributed by atoms with E-state index in [4.69, 9.17) is 19.2 Å². The number of methoxy groups -OCH3 is 3. The average Bonchev–Trinajstić information content (AvgIpc) is 3.39.